The van der Waals surface area contributed by atoms with Crippen molar-refractivity contribution in [1.82, 2.24) is 14.7 Å². The fourth-order valence-corrected chi connectivity index (χ4v) is 10.7. The minimum atomic E-state index is -1.17. The highest BCUT2D eigenvalue weighted by Crippen LogP contribution is 2.45. The summed E-state index contributed by atoms with van der Waals surface area (Å²) < 4.78 is 12.4. The first-order valence-electron chi connectivity index (χ1n) is 26.1. The first-order valence-corrected chi connectivity index (χ1v) is 26.1. The number of ether oxygens (including phenoxy) is 2. The molecule has 2 saturated heterocycles. The number of piperidine rings is 1. The predicted octanol–water partition coefficient (Wildman–Crippen LogP) is 7.18. The van der Waals surface area contributed by atoms with Gasteiger partial charge in [-0.05, 0) is 75.3 Å². The molecule has 1 spiro atoms. The van der Waals surface area contributed by atoms with Crippen LogP contribution < -0.4 is 16.0 Å². The fourth-order valence-electron chi connectivity index (χ4n) is 10.7. The van der Waals surface area contributed by atoms with E-state index in [1.165, 1.54) is 18.7 Å². The maximum Gasteiger partial charge on any atom is 0.410 e. The van der Waals surface area contributed by atoms with E-state index in [-0.39, 0.29) is 56.1 Å². The van der Waals surface area contributed by atoms with Crippen LogP contribution in [0, 0.1) is 36.5 Å². The lowest BCUT2D eigenvalue weighted by atomic mass is 9.80. The van der Waals surface area contributed by atoms with Gasteiger partial charge in [0, 0.05) is 94.8 Å². The zero-order valence-electron chi connectivity index (χ0n) is 44.6. The van der Waals surface area contributed by atoms with Crippen LogP contribution in [0.4, 0.5) is 10.5 Å². The molecule has 16 nitrogen and oxygen atoms in total. The van der Waals surface area contributed by atoms with Crippen molar-refractivity contribution in [2.24, 2.45) is 39.6 Å². The molecular weight excluding hydrogens is 929 g/mol. The Hall–Kier alpha value is -5.81. The maximum absolute atomic E-state index is 14.7. The molecule has 3 aromatic carbocycles. The van der Waals surface area contributed by atoms with E-state index in [0.29, 0.717) is 63.4 Å². The summed E-state index contributed by atoms with van der Waals surface area (Å²) in [7, 11) is 1.00. The zero-order valence-corrected chi connectivity index (χ0v) is 44.6. The van der Waals surface area contributed by atoms with Crippen molar-refractivity contribution in [3.8, 4) is 17.2 Å². The largest absolute Gasteiger partial charge is 0.507 e. The summed E-state index contributed by atoms with van der Waals surface area (Å²) in [6.45, 7) is 22.6. The van der Waals surface area contributed by atoms with Crippen LogP contribution in [0.3, 0.4) is 0 Å². The van der Waals surface area contributed by atoms with Gasteiger partial charge < -0.3 is 50.1 Å². The molecule has 398 valence electrons. The molecule has 6 N–H and O–H groups in total. The molecule has 5 aliphatic heterocycles. The van der Waals surface area contributed by atoms with Crippen LogP contribution in [0.1, 0.15) is 103 Å². The average Bonchev–Trinajstić information content (AvgIpc) is 3.75. The van der Waals surface area contributed by atoms with Crippen LogP contribution in [0.15, 0.2) is 76.5 Å². The second-order valence-electron chi connectivity index (χ2n) is 21.1. The Kier molecular flexibility index (Phi) is 19.3. The Bertz CT molecular complexity index is 2650. The first-order chi connectivity index (χ1) is 34.8. The number of benzene rings is 3. The number of phenols is 3. The molecule has 5 heterocycles. The van der Waals surface area contributed by atoms with Crippen molar-refractivity contribution in [1.29, 1.82) is 0 Å². The van der Waals surface area contributed by atoms with Gasteiger partial charge in [0.1, 0.15) is 28.6 Å². The van der Waals surface area contributed by atoms with Gasteiger partial charge in [0.15, 0.2) is 17.5 Å². The molecule has 2 fully saturated rings. The van der Waals surface area contributed by atoms with E-state index >= 15 is 0 Å². The first kappa shape index (κ1) is 56.5. The van der Waals surface area contributed by atoms with Gasteiger partial charge in [-0.15, -0.1) is 0 Å². The maximum atomic E-state index is 14.7. The van der Waals surface area contributed by atoms with Crippen LogP contribution in [-0.4, -0.2) is 141 Å². The number of Topliss-reactive ketones (excluding diaryl/α,β-unsaturated/α-hetero) is 1. The Labute approximate surface area is 430 Å². The van der Waals surface area contributed by atoms with Crippen molar-refractivity contribution in [3.05, 3.63) is 93.9 Å². The SMILES string of the molecule is C/C1=C/C=C/C(C)C[C@@H](C)C(O)[C@@H](C)[C@H](OC(=O)N2CCN(CCc3ccccc3)CC2)[C@H](C)C/C=C/OC(C)C(=O)c2c(O)c(C)c(O)c3c(O)c(c4c(c23)=NC2(CCN(CC(C)C)CC2)N=4)NC1=O.CO. The number of nitrogens with one attached hydrogen (secondary N) is 1. The number of carbonyl (C=O) groups is 3. The average molecular weight is 1010 g/mol. The lowest BCUT2D eigenvalue weighted by Gasteiger charge is -2.38. The summed E-state index contributed by atoms with van der Waals surface area (Å²) in [5.41, 5.74) is 0.306. The van der Waals surface area contributed by atoms with Crippen molar-refractivity contribution in [2.45, 2.75) is 118 Å². The lowest BCUT2D eigenvalue weighted by Crippen LogP contribution is -2.51. The number of aromatic hydroxyl groups is 3. The highest BCUT2D eigenvalue weighted by Gasteiger charge is 2.40. The Morgan fingerprint density at radius 2 is 1.52 bits per heavy atom. The van der Waals surface area contributed by atoms with Crippen LogP contribution in [0.2, 0.25) is 0 Å². The molecule has 16 heteroatoms. The quantitative estimate of drug-likeness (QED) is 0.135. The number of carbonyl (C=O) groups excluding carboxylic acids is 3. The minimum absolute atomic E-state index is 0.000850. The summed E-state index contributed by atoms with van der Waals surface area (Å²) in [4.78, 5) is 59.4. The smallest absolute Gasteiger partial charge is 0.410 e. The number of fused-ring (bicyclic) bond motifs is 15. The molecule has 8 rings (SSSR count). The van der Waals surface area contributed by atoms with Gasteiger partial charge in [-0.1, -0.05) is 90.1 Å². The molecule has 0 radical (unpaired) electrons. The Morgan fingerprint density at radius 3 is 2.18 bits per heavy atom. The van der Waals surface area contributed by atoms with Gasteiger partial charge in [0.2, 0.25) is 5.78 Å². The van der Waals surface area contributed by atoms with Crippen LogP contribution in [-0.2, 0) is 20.7 Å². The molecule has 3 unspecified atom stereocenters. The van der Waals surface area contributed by atoms with Crippen molar-refractivity contribution in [2.75, 3.05) is 64.8 Å². The third-order valence-corrected chi connectivity index (χ3v) is 15.0. The molecule has 4 bridgehead atoms. The molecule has 0 aromatic heterocycles. The van der Waals surface area contributed by atoms with Gasteiger partial charge in [-0.3, -0.25) is 24.5 Å². The lowest BCUT2D eigenvalue weighted by molar-refractivity contribution is -0.112. The normalized spacial score (nSPS) is 27.1. The third kappa shape index (κ3) is 13.1. The number of amides is 2. The van der Waals surface area contributed by atoms with Gasteiger partial charge >= 0.3 is 6.09 Å². The Morgan fingerprint density at radius 1 is 0.863 bits per heavy atom. The fraction of sp³-hybridized carbons (Fsp3) is 0.561. The summed E-state index contributed by atoms with van der Waals surface area (Å²) in [5, 5.41) is 57.5. The van der Waals surface area contributed by atoms with E-state index in [9.17, 15) is 34.8 Å². The van der Waals surface area contributed by atoms with E-state index in [2.05, 4.69) is 41.1 Å². The molecule has 0 saturated carbocycles. The van der Waals surface area contributed by atoms with E-state index < -0.39 is 64.9 Å². The summed E-state index contributed by atoms with van der Waals surface area (Å²) in [5.74, 6) is -3.10. The second-order valence-corrected chi connectivity index (χ2v) is 21.1. The number of anilines is 1. The van der Waals surface area contributed by atoms with Crippen LogP contribution in [0.25, 0.3) is 10.8 Å². The molecule has 2 amide bonds. The van der Waals surface area contributed by atoms with Gasteiger partial charge in [-0.25, -0.2) is 4.79 Å². The number of aliphatic hydroxyl groups is 2. The van der Waals surface area contributed by atoms with Crippen LogP contribution >= 0.6 is 0 Å². The molecule has 7 atom stereocenters. The number of piperazine rings is 1. The van der Waals surface area contributed by atoms with E-state index in [0.717, 1.165) is 39.7 Å². The van der Waals surface area contributed by atoms with E-state index in [4.69, 9.17) is 24.6 Å². The van der Waals surface area contributed by atoms with E-state index in [1.54, 1.807) is 37.0 Å². The number of hydrogen-bond donors (Lipinski definition) is 6. The number of aliphatic hydroxyl groups excluding tert-OH is 2. The molecular formula is C57H80N6O10. The molecule has 5 aliphatic rings. The summed E-state index contributed by atoms with van der Waals surface area (Å²) in [6.07, 6.45) is 8.50. The van der Waals surface area contributed by atoms with Crippen molar-refractivity contribution in [3.63, 3.8) is 0 Å². The second kappa shape index (κ2) is 24.9. The topological polar surface area (TPSA) is 217 Å². The summed E-state index contributed by atoms with van der Waals surface area (Å²) >= 11 is 0. The standard InChI is InChI=1S/C56H76N6O9.CH4O/c1-33(2)32-61-24-21-56(22-25-61)58-45-42-43-49(64)38(7)50(65)44(42)52(67)47(46(45)59-56)57-54(68)36(5)16-13-15-34(3)31-37(6)48(63)39(8)53(35(4)17-14-30-70-40(9)51(43)66)71-55(69)62-28-26-60(27-29-62)23-20-41-18-11-10-12-19-41;1-2/h10-16,18-19,30,33-35,37,39-40,48,53,63-65,67H,17,20-29,31-32H2,1-9H3,(H,57,68);2H,1H3/b15-13+,30-14+,36-16-;/t34?,35-,37-,39-,40?,48?,53-;/m1./s1. The minimum Gasteiger partial charge on any atom is -0.507 e. The van der Waals surface area contributed by atoms with Crippen molar-refractivity contribution >= 4 is 34.2 Å². The highest BCUT2D eigenvalue weighted by molar-refractivity contribution is 6.17. The number of rotatable bonds is 6. The summed E-state index contributed by atoms with van der Waals surface area (Å²) in [6, 6.07) is 10.4. The number of hydrogen-bond acceptors (Lipinski definition) is 14. The predicted molar refractivity (Wildman–Crippen MR) is 283 cm³/mol. The van der Waals surface area contributed by atoms with Crippen molar-refractivity contribution < 1.29 is 49.4 Å². The Balaban J connectivity index is 0.00000429. The third-order valence-electron chi connectivity index (χ3n) is 15.0. The zero-order chi connectivity index (χ0) is 53.3. The number of ketones is 1. The highest BCUT2D eigenvalue weighted by atomic mass is 16.6. The van der Waals surface area contributed by atoms with Gasteiger partial charge in [0.25, 0.3) is 5.91 Å². The molecule has 73 heavy (non-hydrogen) atoms. The van der Waals surface area contributed by atoms with Crippen LogP contribution in [0.5, 0.6) is 17.2 Å². The molecule has 3 aromatic rings. The number of likely N-dealkylation sites (tertiary alicyclic amines) is 1. The molecule has 0 aliphatic carbocycles. The number of phenolic OH excluding ortho intramolecular Hbond substituents is 3. The monoisotopic (exact) mass is 1010 g/mol. The number of nitrogens with zero attached hydrogens (tertiary/aromatic N) is 5. The van der Waals surface area contributed by atoms with E-state index in [1.807, 2.05) is 52.0 Å². The van der Waals surface area contributed by atoms with Gasteiger partial charge in [0.05, 0.1) is 28.7 Å². The van der Waals surface area contributed by atoms with Gasteiger partial charge in [-0.2, -0.15) is 0 Å². The number of allylic oxidation sites excluding steroid dienone is 4.